The van der Waals surface area contributed by atoms with Crippen molar-refractivity contribution in [1.29, 1.82) is 5.26 Å². The van der Waals surface area contributed by atoms with Crippen LogP contribution in [0, 0.1) is 11.3 Å². The minimum absolute atomic E-state index is 0.0211. The van der Waals surface area contributed by atoms with Gasteiger partial charge in [0.15, 0.2) is 11.5 Å². The molecule has 0 aromatic heterocycles. The zero-order valence-electron chi connectivity index (χ0n) is 14.6. The van der Waals surface area contributed by atoms with Crippen molar-refractivity contribution in [3.8, 4) is 17.6 Å². The number of hydrogen-bond donors (Lipinski definition) is 1. The van der Waals surface area contributed by atoms with Crippen LogP contribution in [0.5, 0.6) is 11.5 Å². The largest absolute Gasteiger partial charge is 0.493 e. The molecule has 1 aromatic rings. The Morgan fingerprint density at radius 1 is 1.33 bits per heavy atom. The summed E-state index contributed by atoms with van der Waals surface area (Å²) in [5.41, 5.74) is 0.721. The first-order chi connectivity index (χ1) is 11.5. The molecule has 0 fully saturated rings. The number of rotatable bonds is 9. The Kier molecular flexibility index (Phi) is 8.37. The molecule has 0 aliphatic heterocycles. The Bertz CT molecular complexity index is 618. The van der Waals surface area contributed by atoms with Gasteiger partial charge in [0.25, 0.3) is 5.91 Å². The molecular weight excluding hydrogens is 308 g/mol. The fourth-order valence-electron chi connectivity index (χ4n) is 1.95. The van der Waals surface area contributed by atoms with Crippen LogP contribution in [0.25, 0.3) is 6.08 Å². The van der Waals surface area contributed by atoms with E-state index in [1.54, 1.807) is 32.4 Å². The predicted octanol–water partition coefficient (Wildman–Crippen LogP) is 2.54. The standard InChI is InChI=1S/C18H24N2O4/c1-13(2)24-16-7-6-14(11-17(16)23-4)10-15(12-19)18(21)20-8-5-9-22-3/h6-7,10-11,13H,5,8-9H2,1-4H3,(H,20,21)/b15-10+. The van der Waals surface area contributed by atoms with E-state index in [1.807, 2.05) is 19.9 Å². The van der Waals surface area contributed by atoms with Crippen LogP contribution in [0.2, 0.25) is 0 Å². The molecule has 0 radical (unpaired) electrons. The lowest BCUT2D eigenvalue weighted by Gasteiger charge is -2.13. The third-order valence-electron chi connectivity index (χ3n) is 3.04. The molecule has 0 unspecified atom stereocenters. The van der Waals surface area contributed by atoms with E-state index in [0.29, 0.717) is 36.6 Å². The molecule has 1 rings (SSSR count). The van der Waals surface area contributed by atoms with Crippen LogP contribution < -0.4 is 14.8 Å². The topological polar surface area (TPSA) is 80.6 Å². The van der Waals surface area contributed by atoms with Gasteiger partial charge in [-0.15, -0.1) is 0 Å². The number of nitrogens with zero attached hydrogens (tertiary/aromatic N) is 1. The second kappa shape index (κ2) is 10.3. The quantitative estimate of drug-likeness (QED) is 0.427. The molecule has 6 nitrogen and oxygen atoms in total. The third-order valence-corrected chi connectivity index (χ3v) is 3.04. The Labute approximate surface area is 143 Å². The fourth-order valence-corrected chi connectivity index (χ4v) is 1.95. The van der Waals surface area contributed by atoms with Crippen LogP contribution in [0.15, 0.2) is 23.8 Å². The van der Waals surface area contributed by atoms with E-state index in [-0.39, 0.29) is 11.7 Å². The molecule has 1 N–H and O–H groups in total. The van der Waals surface area contributed by atoms with Crippen LogP contribution >= 0.6 is 0 Å². The highest BCUT2D eigenvalue weighted by Gasteiger charge is 2.11. The number of benzene rings is 1. The van der Waals surface area contributed by atoms with Gasteiger partial charge in [0.05, 0.1) is 13.2 Å². The second-order valence-electron chi connectivity index (χ2n) is 5.35. The van der Waals surface area contributed by atoms with Crippen molar-refractivity contribution in [3.63, 3.8) is 0 Å². The highest BCUT2D eigenvalue weighted by molar-refractivity contribution is 6.01. The summed E-state index contributed by atoms with van der Waals surface area (Å²) in [5.74, 6) is 0.762. The highest BCUT2D eigenvalue weighted by atomic mass is 16.5. The SMILES string of the molecule is COCCCNC(=O)/C(C#N)=C/c1ccc(OC(C)C)c(OC)c1. The second-order valence-corrected chi connectivity index (χ2v) is 5.35. The minimum Gasteiger partial charge on any atom is -0.493 e. The predicted molar refractivity (Wildman–Crippen MR) is 91.9 cm³/mol. The van der Waals surface area contributed by atoms with Crippen molar-refractivity contribution in [3.05, 3.63) is 29.3 Å². The molecule has 0 aliphatic rings. The van der Waals surface area contributed by atoms with Crippen molar-refractivity contribution >= 4 is 12.0 Å². The van der Waals surface area contributed by atoms with Gasteiger partial charge in [-0.3, -0.25) is 4.79 Å². The summed E-state index contributed by atoms with van der Waals surface area (Å²) in [6.45, 7) is 4.86. The molecular formula is C18H24N2O4. The summed E-state index contributed by atoms with van der Waals surface area (Å²) in [5, 5.41) is 11.9. The number of methoxy groups -OCH3 is 2. The van der Waals surface area contributed by atoms with E-state index in [0.717, 1.165) is 0 Å². The van der Waals surface area contributed by atoms with Crippen molar-refractivity contribution < 1.29 is 19.0 Å². The molecule has 0 aliphatic carbocycles. The van der Waals surface area contributed by atoms with E-state index < -0.39 is 5.91 Å². The lowest BCUT2D eigenvalue weighted by Crippen LogP contribution is -2.26. The number of carbonyl (C=O) groups excluding carboxylic acids is 1. The number of nitrogens with one attached hydrogen (secondary N) is 1. The van der Waals surface area contributed by atoms with Gasteiger partial charge < -0.3 is 19.5 Å². The van der Waals surface area contributed by atoms with Crippen LogP contribution in [0.3, 0.4) is 0 Å². The van der Waals surface area contributed by atoms with Crippen molar-refractivity contribution in [2.24, 2.45) is 0 Å². The Balaban J connectivity index is 2.88. The summed E-state index contributed by atoms with van der Waals surface area (Å²) >= 11 is 0. The molecule has 1 aromatic carbocycles. The summed E-state index contributed by atoms with van der Waals surface area (Å²) in [6, 6.07) is 7.18. The molecule has 130 valence electrons. The number of carbonyl (C=O) groups is 1. The molecule has 0 bridgehead atoms. The molecule has 0 atom stereocenters. The highest BCUT2D eigenvalue weighted by Crippen LogP contribution is 2.29. The number of ether oxygens (including phenoxy) is 3. The maximum absolute atomic E-state index is 12.0. The first-order valence-corrected chi connectivity index (χ1v) is 7.75. The zero-order valence-corrected chi connectivity index (χ0v) is 14.6. The third kappa shape index (κ3) is 6.31. The molecule has 0 heterocycles. The minimum atomic E-state index is -0.407. The van der Waals surface area contributed by atoms with Crippen molar-refractivity contribution in [2.75, 3.05) is 27.4 Å². The average molecular weight is 332 g/mol. The number of nitriles is 1. The van der Waals surface area contributed by atoms with Gasteiger partial charge >= 0.3 is 0 Å². The van der Waals surface area contributed by atoms with Gasteiger partial charge in [-0.1, -0.05) is 6.07 Å². The molecule has 24 heavy (non-hydrogen) atoms. The summed E-state index contributed by atoms with van der Waals surface area (Å²) < 4.78 is 15.9. The van der Waals surface area contributed by atoms with E-state index >= 15 is 0 Å². The maximum Gasteiger partial charge on any atom is 0.261 e. The maximum atomic E-state index is 12.0. The average Bonchev–Trinajstić information content (AvgIpc) is 2.57. The Hall–Kier alpha value is -2.52. The van der Waals surface area contributed by atoms with E-state index in [2.05, 4.69) is 5.32 Å². The molecule has 6 heteroatoms. The molecule has 0 saturated heterocycles. The first-order valence-electron chi connectivity index (χ1n) is 7.75. The molecule has 0 spiro atoms. The van der Waals surface area contributed by atoms with Crippen LogP contribution in [-0.2, 0) is 9.53 Å². The lowest BCUT2D eigenvalue weighted by molar-refractivity contribution is -0.117. The summed E-state index contributed by atoms with van der Waals surface area (Å²) in [6.07, 6.45) is 2.23. The molecule has 0 saturated carbocycles. The van der Waals surface area contributed by atoms with Gasteiger partial charge in [-0.25, -0.2) is 0 Å². The van der Waals surface area contributed by atoms with Crippen LogP contribution in [0.4, 0.5) is 0 Å². The van der Waals surface area contributed by atoms with E-state index in [4.69, 9.17) is 14.2 Å². The van der Waals surface area contributed by atoms with E-state index in [9.17, 15) is 10.1 Å². The fraction of sp³-hybridized carbons (Fsp3) is 0.444. The summed E-state index contributed by atoms with van der Waals surface area (Å²) in [4.78, 5) is 12.0. The molecule has 1 amide bonds. The zero-order chi connectivity index (χ0) is 17.9. The van der Waals surface area contributed by atoms with Crippen molar-refractivity contribution in [1.82, 2.24) is 5.32 Å². The Morgan fingerprint density at radius 3 is 2.67 bits per heavy atom. The van der Waals surface area contributed by atoms with Crippen LogP contribution in [0.1, 0.15) is 25.8 Å². The van der Waals surface area contributed by atoms with Gasteiger partial charge in [-0.2, -0.15) is 5.26 Å². The Morgan fingerprint density at radius 2 is 2.08 bits per heavy atom. The monoisotopic (exact) mass is 332 g/mol. The smallest absolute Gasteiger partial charge is 0.261 e. The first kappa shape index (κ1) is 19.5. The van der Waals surface area contributed by atoms with Crippen molar-refractivity contribution in [2.45, 2.75) is 26.4 Å². The normalized spacial score (nSPS) is 11.1. The number of hydrogen-bond acceptors (Lipinski definition) is 5. The van der Waals surface area contributed by atoms with Gasteiger partial charge in [0.1, 0.15) is 11.6 Å². The van der Waals surface area contributed by atoms with E-state index in [1.165, 1.54) is 6.08 Å². The van der Waals surface area contributed by atoms with Gasteiger partial charge in [0.2, 0.25) is 0 Å². The van der Waals surface area contributed by atoms with Gasteiger partial charge in [-0.05, 0) is 44.0 Å². The number of amides is 1. The lowest BCUT2D eigenvalue weighted by atomic mass is 10.1. The summed E-state index contributed by atoms with van der Waals surface area (Å²) in [7, 11) is 3.15. The van der Waals surface area contributed by atoms with Gasteiger partial charge in [0, 0.05) is 20.3 Å². The van der Waals surface area contributed by atoms with Crippen LogP contribution in [-0.4, -0.2) is 39.4 Å².